The Morgan fingerprint density at radius 1 is 1.32 bits per heavy atom. The van der Waals surface area contributed by atoms with Crippen LogP contribution in [0.1, 0.15) is 39.8 Å². The van der Waals surface area contributed by atoms with E-state index in [9.17, 15) is 4.79 Å². The van der Waals surface area contributed by atoms with Gasteiger partial charge in [-0.05, 0) is 43.6 Å². The number of carbonyl (C=O) groups excluding carboxylic acids is 1. The molecule has 1 aliphatic heterocycles. The number of thiazole rings is 1. The normalized spacial score (nSPS) is 15.7. The van der Waals surface area contributed by atoms with Gasteiger partial charge in [0.2, 0.25) is 0 Å². The van der Waals surface area contributed by atoms with Gasteiger partial charge in [0.25, 0.3) is 5.91 Å². The molecule has 4 nitrogen and oxygen atoms in total. The maximum Gasteiger partial charge on any atom is 0.271 e. The largest absolute Gasteiger partial charge is 0.347 e. The van der Waals surface area contributed by atoms with E-state index in [2.05, 4.69) is 31.5 Å². The van der Waals surface area contributed by atoms with E-state index >= 15 is 0 Å². The summed E-state index contributed by atoms with van der Waals surface area (Å²) in [6.07, 6.45) is 2.21. The molecule has 1 aliphatic rings. The predicted molar refractivity (Wildman–Crippen MR) is 92.3 cm³/mol. The van der Waals surface area contributed by atoms with Gasteiger partial charge in [0.15, 0.2) is 0 Å². The molecule has 2 heterocycles. The minimum absolute atomic E-state index is 0.0978. The third kappa shape index (κ3) is 3.94. The predicted octanol–water partition coefficient (Wildman–Crippen LogP) is 3.30. The van der Waals surface area contributed by atoms with E-state index in [0.717, 1.165) is 41.0 Å². The third-order valence-corrected chi connectivity index (χ3v) is 5.35. The van der Waals surface area contributed by atoms with E-state index in [1.807, 2.05) is 29.6 Å². The van der Waals surface area contributed by atoms with Crippen LogP contribution in [0.4, 0.5) is 0 Å². The second kappa shape index (κ2) is 7.35. The van der Waals surface area contributed by atoms with Crippen molar-refractivity contribution in [2.24, 2.45) is 0 Å². The number of carbonyl (C=O) groups is 1. The summed E-state index contributed by atoms with van der Waals surface area (Å²) in [4.78, 5) is 16.7. The molecule has 0 saturated carbocycles. The average molecular weight is 380 g/mol. The highest BCUT2D eigenvalue weighted by Crippen LogP contribution is 2.27. The standard InChI is InChI=1S/C16H18BrN3OS/c17-13-3-1-11(2-4-13)9-19-15(21)14-10-22-16(20-14)12-5-7-18-8-6-12/h1-4,10,12,18H,5-9H2,(H,19,21). The van der Waals surface area contributed by atoms with Gasteiger partial charge >= 0.3 is 0 Å². The number of hydrogen-bond donors (Lipinski definition) is 2. The molecule has 22 heavy (non-hydrogen) atoms. The number of nitrogens with one attached hydrogen (secondary N) is 2. The first-order valence-corrected chi connectivity index (χ1v) is 9.08. The second-order valence-electron chi connectivity index (χ2n) is 5.40. The highest BCUT2D eigenvalue weighted by molar-refractivity contribution is 9.10. The van der Waals surface area contributed by atoms with Crippen molar-refractivity contribution in [1.82, 2.24) is 15.6 Å². The summed E-state index contributed by atoms with van der Waals surface area (Å²) >= 11 is 5.00. The number of hydrogen-bond acceptors (Lipinski definition) is 4. The van der Waals surface area contributed by atoms with Gasteiger partial charge in [-0.15, -0.1) is 11.3 Å². The quantitative estimate of drug-likeness (QED) is 0.856. The molecule has 1 aromatic carbocycles. The highest BCUT2D eigenvalue weighted by atomic mass is 79.9. The smallest absolute Gasteiger partial charge is 0.271 e. The fourth-order valence-corrected chi connectivity index (χ4v) is 3.76. The maximum absolute atomic E-state index is 12.2. The van der Waals surface area contributed by atoms with Crippen molar-refractivity contribution in [3.05, 3.63) is 50.4 Å². The lowest BCUT2D eigenvalue weighted by molar-refractivity contribution is 0.0946. The number of aromatic nitrogens is 1. The van der Waals surface area contributed by atoms with Crippen LogP contribution in [0.5, 0.6) is 0 Å². The van der Waals surface area contributed by atoms with E-state index in [1.165, 1.54) is 0 Å². The number of benzene rings is 1. The minimum atomic E-state index is -0.0978. The molecule has 0 unspecified atom stereocenters. The Hall–Kier alpha value is -1.24. The Bertz CT molecular complexity index is 635. The van der Waals surface area contributed by atoms with Crippen molar-refractivity contribution in [3.8, 4) is 0 Å². The minimum Gasteiger partial charge on any atom is -0.347 e. The van der Waals surface area contributed by atoms with Gasteiger partial charge in [-0.3, -0.25) is 4.79 Å². The van der Waals surface area contributed by atoms with Gasteiger partial charge < -0.3 is 10.6 Å². The molecule has 2 aromatic rings. The summed E-state index contributed by atoms with van der Waals surface area (Å²) in [5.41, 5.74) is 1.61. The number of rotatable bonds is 4. The van der Waals surface area contributed by atoms with Gasteiger partial charge in [0.1, 0.15) is 5.69 Å². The van der Waals surface area contributed by atoms with Crippen molar-refractivity contribution >= 4 is 33.2 Å². The Kier molecular flexibility index (Phi) is 5.23. The van der Waals surface area contributed by atoms with Gasteiger partial charge in [-0.25, -0.2) is 4.98 Å². The third-order valence-electron chi connectivity index (χ3n) is 3.81. The first-order valence-electron chi connectivity index (χ1n) is 7.41. The van der Waals surface area contributed by atoms with Crippen molar-refractivity contribution in [3.63, 3.8) is 0 Å². The summed E-state index contributed by atoms with van der Waals surface area (Å²) in [6.45, 7) is 2.59. The first-order chi connectivity index (χ1) is 10.7. The second-order valence-corrected chi connectivity index (χ2v) is 7.21. The number of nitrogens with zero attached hydrogens (tertiary/aromatic N) is 1. The molecule has 116 valence electrons. The molecular formula is C16H18BrN3OS. The zero-order chi connectivity index (χ0) is 15.4. The van der Waals surface area contributed by atoms with Crippen molar-refractivity contribution in [1.29, 1.82) is 0 Å². The number of piperidine rings is 1. The fourth-order valence-electron chi connectivity index (χ4n) is 2.52. The van der Waals surface area contributed by atoms with E-state index in [-0.39, 0.29) is 5.91 Å². The van der Waals surface area contributed by atoms with Crippen molar-refractivity contribution < 1.29 is 4.79 Å². The molecule has 1 saturated heterocycles. The summed E-state index contributed by atoms with van der Waals surface area (Å²) in [5, 5.41) is 9.24. The van der Waals surface area contributed by atoms with Crippen LogP contribution < -0.4 is 10.6 Å². The summed E-state index contributed by atoms with van der Waals surface area (Å²) in [7, 11) is 0. The molecule has 0 bridgehead atoms. The van der Waals surface area contributed by atoms with Crippen molar-refractivity contribution in [2.45, 2.75) is 25.3 Å². The zero-order valence-electron chi connectivity index (χ0n) is 12.1. The molecule has 1 fully saturated rings. The lowest BCUT2D eigenvalue weighted by Crippen LogP contribution is -2.27. The van der Waals surface area contributed by atoms with Crippen LogP contribution in [0, 0.1) is 0 Å². The molecule has 1 aromatic heterocycles. The molecule has 0 atom stereocenters. The van der Waals surface area contributed by atoms with Crippen LogP contribution in [0.15, 0.2) is 34.1 Å². The maximum atomic E-state index is 12.2. The monoisotopic (exact) mass is 379 g/mol. The molecule has 0 aliphatic carbocycles. The lowest BCUT2D eigenvalue weighted by Gasteiger charge is -2.20. The Labute approximate surface area is 142 Å². The van der Waals surface area contributed by atoms with Crippen LogP contribution in [-0.2, 0) is 6.54 Å². The van der Waals surface area contributed by atoms with E-state index in [4.69, 9.17) is 0 Å². The van der Waals surface area contributed by atoms with Gasteiger partial charge in [-0.1, -0.05) is 28.1 Å². The molecule has 1 amide bonds. The molecular weight excluding hydrogens is 362 g/mol. The molecule has 0 spiro atoms. The molecule has 6 heteroatoms. The Balaban J connectivity index is 1.58. The summed E-state index contributed by atoms with van der Waals surface area (Å²) in [5.74, 6) is 0.402. The number of amides is 1. The average Bonchev–Trinajstić information content (AvgIpc) is 3.05. The van der Waals surface area contributed by atoms with Crippen LogP contribution in [0.2, 0.25) is 0 Å². The SMILES string of the molecule is O=C(NCc1ccc(Br)cc1)c1csc(C2CCNCC2)n1. The van der Waals surface area contributed by atoms with E-state index in [0.29, 0.717) is 18.2 Å². The molecule has 0 radical (unpaired) electrons. The van der Waals surface area contributed by atoms with Gasteiger partial charge in [-0.2, -0.15) is 0 Å². The lowest BCUT2D eigenvalue weighted by atomic mass is 9.99. The fraction of sp³-hybridized carbons (Fsp3) is 0.375. The van der Waals surface area contributed by atoms with E-state index in [1.54, 1.807) is 11.3 Å². The van der Waals surface area contributed by atoms with Crippen LogP contribution in [-0.4, -0.2) is 24.0 Å². The topological polar surface area (TPSA) is 54.0 Å². The van der Waals surface area contributed by atoms with Gasteiger partial charge in [0, 0.05) is 22.3 Å². The van der Waals surface area contributed by atoms with E-state index < -0.39 is 0 Å². The van der Waals surface area contributed by atoms with Crippen LogP contribution in [0.25, 0.3) is 0 Å². The molecule has 2 N–H and O–H groups in total. The van der Waals surface area contributed by atoms with Crippen molar-refractivity contribution in [2.75, 3.05) is 13.1 Å². The summed E-state index contributed by atoms with van der Waals surface area (Å²) in [6, 6.07) is 7.93. The first kappa shape index (κ1) is 15.6. The van der Waals surface area contributed by atoms with Crippen LogP contribution >= 0.6 is 27.3 Å². The van der Waals surface area contributed by atoms with Crippen LogP contribution in [0.3, 0.4) is 0 Å². The summed E-state index contributed by atoms with van der Waals surface area (Å²) < 4.78 is 1.04. The Morgan fingerprint density at radius 3 is 2.77 bits per heavy atom. The zero-order valence-corrected chi connectivity index (χ0v) is 14.5. The highest BCUT2D eigenvalue weighted by Gasteiger charge is 2.20. The van der Waals surface area contributed by atoms with Gasteiger partial charge in [0.05, 0.1) is 5.01 Å². The molecule has 3 rings (SSSR count). The Morgan fingerprint density at radius 2 is 2.05 bits per heavy atom. The number of halogens is 1.